The molecule has 0 fully saturated rings. The molecule has 0 saturated carbocycles. The van der Waals surface area contributed by atoms with Crippen LogP contribution in [0.3, 0.4) is 0 Å². The molecule has 45 heavy (non-hydrogen) atoms. The molecule has 0 saturated heterocycles. The van der Waals surface area contributed by atoms with E-state index in [2.05, 4.69) is 20.9 Å². The fraction of sp³-hybridized carbons (Fsp3) is 0.500. The Kier molecular flexibility index (Phi) is 14.7. The van der Waals surface area contributed by atoms with E-state index in [-0.39, 0.29) is 37.5 Å². The molecular formula is C30H40N4O10S. The van der Waals surface area contributed by atoms with E-state index in [1.165, 1.54) is 34.3 Å². The summed E-state index contributed by atoms with van der Waals surface area (Å²) in [5.41, 5.74) is -1.13. The number of thiazole rings is 1. The number of benzene rings is 1. The minimum Gasteiger partial charge on any atom is -0.458 e. The highest BCUT2D eigenvalue weighted by atomic mass is 32.1. The second-order valence-electron chi connectivity index (χ2n) is 10.1. The Bertz CT molecular complexity index is 1340. The molecule has 0 aliphatic heterocycles. The van der Waals surface area contributed by atoms with E-state index in [1.807, 2.05) is 0 Å². The van der Waals surface area contributed by atoms with E-state index < -0.39 is 59.2 Å². The molecule has 0 radical (unpaired) electrons. The Hall–Kier alpha value is -4.21. The normalized spacial score (nSPS) is 14.2. The predicted octanol–water partition coefficient (Wildman–Crippen LogP) is 0.899. The Labute approximate surface area is 265 Å². The van der Waals surface area contributed by atoms with Gasteiger partial charge in [-0.25, -0.2) is 14.6 Å². The number of amides is 3. The number of esters is 2. The quantitative estimate of drug-likeness (QED) is 0.163. The van der Waals surface area contributed by atoms with Crippen molar-refractivity contribution >= 4 is 46.8 Å². The third-order valence-corrected chi connectivity index (χ3v) is 7.55. The molecule has 0 bridgehead atoms. The van der Waals surface area contributed by atoms with E-state index in [9.17, 15) is 28.8 Å². The lowest BCUT2D eigenvalue weighted by molar-refractivity contribution is -0.179. The molecule has 0 aliphatic rings. The van der Waals surface area contributed by atoms with Gasteiger partial charge in [0.15, 0.2) is 11.4 Å². The SMILES string of the molecule is CCOC(=O)C(=O)O[C@](C)(CC)C(=O)[C@H](Cc1ccccc1)NC(=O)[C@H](COC)NC(=O)[C@H](COC)NC(=O)c1cnc(C)s1. The van der Waals surface area contributed by atoms with Crippen LogP contribution in [-0.4, -0.2) is 98.2 Å². The Morgan fingerprint density at radius 1 is 0.867 bits per heavy atom. The van der Waals surface area contributed by atoms with E-state index in [0.717, 1.165) is 11.3 Å². The van der Waals surface area contributed by atoms with Crippen LogP contribution < -0.4 is 16.0 Å². The summed E-state index contributed by atoms with van der Waals surface area (Å²) in [5.74, 6) is -5.35. The molecule has 1 heterocycles. The molecule has 14 nitrogen and oxygen atoms in total. The van der Waals surface area contributed by atoms with Gasteiger partial charge in [-0.1, -0.05) is 37.3 Å². The van der Waals surface area contributed by atoms with Crippen molar-refractivity contribution in [3.63, 3.8) is 0 Å². The number of nitrogens with one attached hydrogen (secondary N) is 3. The van der Waals surface area contributed by atoms with Crippen LogP contribution in [0.2, 0.25) is 0 Å². The number of nitrogens with zero attached hydrogens (tertiary/aromatic N) is 1. The maximum absolute atomic E-state index is 13.9. The zero-order chi connectivity index (χ0) is 33.6. The van der Waals surface area contributed by atoms with E-state index in [0.29, 0.717) is 10.6 Å². The summed E-state index contributed by atoms with van der Waals surface area (Å²) in [6.45, 7) is 5.63. The first-order chi connectivity index (χ1) is 21.4. The summed E-state index contributed by atoms with van der Waals surface area (Å²) in [6.07, 6.45) is 1.37. The Balaban J connectivity index is 2.29. The third-order valence-electron chi connectivity index (χ3n) is 6.64. The number of Topliss-reactive ketones (excluding diaryl/α,β-unsaturated/α-hetero) is 1. The molecule has 3 N–H and O–H groups in total. The summed E-state index contributed by atoms with van der Waals surface area (Å²) in [5, 5.41) is 8.43. The number of hydrogen-bond donors (Lipinski definition) is 3. The van der Waals surface area contributed by atoms with E-state index in [1.54, 1.807) is 44.2 Å². The first-order valence-electron chi connectivity index (χ1n) is 14.2. The minimum absolute atomic E-state index is 0.00221. The number of carbonyl (C=O) groups excluding carboxylic acids is 6. The maximum atomic E-state index is 13.9. The van der Waals surface area contributed by atoms with Gasteiger partial charge in [0.1, 0.15) is 17.0 Å². The van der Waals surface area contributed by atoms with Gasteiger partial charge >= 0.3 is 11.9 Å². The first-order valence-corrected chi connectivity index (χ1v) is 15.0. The van der Waals surface area contributed by atoms with Crippen molar-refractivity contribution in [1.29, 1.82) is 0 Å². The Morgan fingerprint density at radius 3 is 1.96 bits per heavy atom. The summed E-state index contributed by atoms with van der Waals surface area (Å²) < 4.78 is 20.3. The highest BCUT2D eigenvalue weighted by Crippen LogP contribution is 2.21. The summed E-state index contributed by atoms with van der Waals surface area (Å²) >= 11 is 1.15. The fourth-order valence-corrected chi connectivity index (χ4v) is 4.78. The van der Waals surface area contributed by atoms with Gasteiger partial charge in [0.05, 0.1) is 37.1 Å². The van der Waals surface area contributed by atoms with Crippen LogP contribution >= 0.6 is 11.3 Å². The second-order valence-corrected chi connectivity index (χ2v) is 11.3. The van der Waals surface area contributed by atoms with Crippen molar-refractivity contribution < 1.29 is 47.7 Å². The number of hydrogen-bond acceptors (Lipinski definition) is 12. The highest BCUT2D eigenvalue weighted by molar-refractivity contribution is 7.13. The topological polar surface area (TPSA) is 188 Å². The lowest BCUT2D eigenvalue weighted by atomic mass is 9.88. The fourth-order valence-electron chi connectivity index (χ4n) is 4.10. The van der Waals surface area contributed by atoms with Crippen LogP contribution in [0.4, 0.5) is 0 Å². The lowest BCUT2D eigenvalue weighted by Gasteiger charge is -2.32. The smallest absolute Gasteiger partial charge is 0.418 e. The van der Waals surface area contributed by atoms with Crippen molar-refractivity contribution in [2.45, 2.75) is 64.3 Å². The number of rotatable bonds is 17. The van der Waals surface area contributed by atoms with Crippen LogP contribution in [-0.2, 0) is 49.3 Å². The van der Waals surface area contributed by atoms with Gasteiger partial charge in [-0.05, 0) is 39.2 Å². The van der Waals surface area contributed by atoms with Gasteiger partial charge in [-0.3, -0.25) is 19.2 Å². The van der Waals surface area contributed by atoms with Crippen LogP contribution in [0, 0.1) is 6.92 Å². The summed E-state index contributed by atoms with van der Waals surface area (Å²) in [7, 11) is 2.67. The molecular weight excluding hydrogens is 608 g/mol. The van der Waals surface area contributed by atoms with Gasteiger partial charge in [0.2, 0.25) is 11.8 Å². The molecule has 1 aromatic carbocycles. The second kappa shape index (κ2) is 17.9. The largest absolute Gasteiger partial charge is 0.458 e. The molecule has 0 unspecified atom stereocenters. The average Bonchev–Trinajstić information content (AvgIpc) is 3.46. The van der Waals surface area contributed by atoms with Crippen molar-refractivity contribution in [2.75, 3.05) is 34.0 Å². The lowest BCUT2D eigenvalue weighted by Crippen LogP contribution is -2.60. The summed E-state index contributed by atoms with van der Waals surface area (Å²) in [4.78, 5) is 82.0. The number of carbonyl (C=O) groups is 6. The molecule has 2 aromatic rings. The van der Waals surface area contributed by atoms with Gasteiger partial charge < -0.3 is 34.9 Å². The van der Waals surface area contributed by atoms with Gasteiger partial charge in [0, 0.05) is 14.2 Å². The number of aryl methyl sites for hydroxylation is 1. The molecule has 1 aromatic heterocycles. The molecule has 4 atom stereocenters. The zero-order valence-corrected chi connectivity index (χ0v) is 27.0. The van der Waals surface area contributed by atoms with Crippen molar-refractivity contribution in [3.8, 4) is 0 Å². The van der Waals surface area contributed by atoms with Crippen molar-refractivity contribution in [1.82, 2.24) is 20.9 Å². The van der Waals surface area contributed by atoms with Gasteiger partial charge in [0.25, 0.3) is 5.91 Å². The third kappa shape index (κ3) is 11.0. The minimum atomic E-state index is -1.81. The van der Waals surface area contributed by atoms with Gasteiger partial charge in [-0.15, -0.1) is 11.3 Å². The average molecular weight is 649 g/mol. The maximum Gasteiger partial charge on any atom is 0.418 e. The molecule has 2 rings (SSSR count). The molecule has 3 amide bonds. The molecule has 0 spiro atoms. The zero-order valence-electron chi connectivity index (χ0n) is 26.2. The van der Waals surface area contributed by atoms with Crippen molar-refractivity contribution in [3.05, 3.63) is 52.0 Å². The van der Waals surface area contributed by atoms with Crippen LogP contribution in [0.5, 0.6) is 0 Å². The van der Waals surface area contributed by atoms with Crippen molar-refractivity contribution in [2.24, 2.45) is 0 Å². The number of ether oxygens (including phenoxy) is 4. The first kappa shape index (κ1) is 37.0. The monoisotopic (exact) mass is 648 g/mol. The standard InChI is InChI=1S/C30H40N4O10S/c1-7-30(4,44-29(40)28(39)43-8-2)24(35)20(14-19-12-10-9-11-13-19)32-25(36)21(16-41-5)33-26(37)22(17-42-6)34-27(38)23-15-31-18(3)45-23/h9-13,15,20-22H,7-8,14,16-17H2,1-6H3,(H,32,36)(H,33,37)(H,34,38)/t20-,21-,22-,30+/m0/s1. The Morgan fingerprint density at radius 2 is 1.44 bits per heavy atom. The van der Waals surface area contributed by atoms with E-state index >= 15 is 0 Å². The number of aromatic nitrogens is 1. The van der Waals surface area contributed by atoms with E-state index in [4.69, 9.17) is 18.9 Å². The number of ketones is 1. The van der Waals surface area contributed by atoms with Crippen LogP contribution in [0.25, 0.3) is 0 Å². The molecule has 246 valence electrons. The van der Waals surface area contributed by atoms with Crippen LogP contribution in [0.1, 0.15) is 47.4 Å². The molecule has 0 aliphatic carbocycles. The molecule has 15 heteroatoms. The van der Waals surface area contributed by atoms with Crippen LogP contribution in [0.15, 0.2) is 36.5 Å². The predicted molar refractivity (Wildman–Crippen MR) is 162 cm³/mol. The summed E-state index contributed by atoms with van der Waals surface area (Å²) in [6, 6.07) is 5.06. The van der Waals surface area contributed by atoms with Gasteiger partial charge in [-0.2, -0.15) is 0 Å². The number of methoxy groups -OCH3 is 2. The highest BCUT2D eigenvalue weighted by Gasteiger charge is 2.43.